The van der Waals surface area contributed by atoms with Gasteiger partial charge in [0.25, 0.3) is 0 Å². The number of benzene rings is 3. The summed E-state index contributed by atoms with van der Waals surface area (Å²) in [4.78, 5) is 12.6. The first kappa shape index (κ1) is 27.5. The predicted octanol–water partition coefficient (Wildman–Crippen LogP) is 3.16. The number of rotatable bonds is 11. The molecule has 1 heterocycles. The summed E-state index contributed by atoms with van der Waals surface area (Å²) < 4.78 is 23.7. The first-order chi connectivity index (χ1) is 18.0. The number of hydrogen-bond donors (Lipinski definition) is 3. The number of fused-ring (bicyclic) bond motifs is 1. The highest BCUT2D eigenvalue weighted by molar-refractivity contribution is 6.30. The number of methoxy groups -OCH3 is 1. The lowest BCUT2D eigenvalue weighted by Gasteiger charge is -2.44. The van der Waals surface area contributed by atoms with Gasteiger partial charge in [0, 0.05) is 25.1 Å². The number of aliphatic hydroxyl groups excluding tert-OH is 1. The molecule has 3 aromatic rings. The molecule has 9 heteroatoms. The monoisotopic (exact) mass is 528 g/mol. The van der Waals surface area contributed by atoms with Crippen LogP contribution in [-0.4, -0.2) is 61.9 Å². The summed E-state index contributed by atoms with van der Waals surface area (Å²) in [5, 5.41) is 16.9. The molecule has 2 unspecified atom stereocenters. The predicted molar refractivity (Wildman–Crippen MR) is 141 cm³/mol. The second-order valence-corrected chi connectivity index (χ2v) is 9.45. The second kappa shape index (κ2) is 13.3. The van der Waals surface area contributed by atoms with E-state index in [4.69, 9.17) is 36.3 Å². The largest absolute Gasteiger partial charge is 0.388 e. The lowest BCUT2D eigenvalue weighted by molar-refractivity contribution is -0.282. The average Bonchev–Trinajstić information content (AvgIpc) is 2.90. The van der Waals surface area contributed by atoms with Gasteiger partial charge in [0.2, 0.25) is 5.91 Å². The highest BCUT2D eigenvalue weighted by Gasteiger charge is 2.47. The Morgan fingerprint density at radius 2 is 1.73 bits per heavy atom. The topological polar surface area (TPSA) is 112 Å². The number of nitrogens with one attached hydrogen (secondary N) is 1. The quantitative estimate of drug-likeness (QED) is 0.350. The number of carbonyl (C=O) groups is 1. The summed E-state index contributed by atoms with van der Waals surface area (Å²) >= 11 is 6.00. The van der Waals surface area contributed by atoms with E-state index in [1.807, 2.05) is 54.6 Å². The van der Waals surface area contributed by atoms with Gasteiger partial charge in [-0.3, -0.25) is 4.79 Å². The third-order valence-electron chi connectivity index (χ3n) is 6.29. The second-order valence-electron chi connectivity index (χ2n) is 9.02. The molecular weight excluding hydrogens is 496 g/mol. The molecule has 1 saturated heterocycles. The Labute approximate surface area is 221 Å². The van der Waals surface area contributed by atoms with Crippen LogP contribution in [0.1, 0.15) is 17.5 Å². The number of ether oxygens (including phenoxy) is 4. The maximum absolute atomic E-state index is 12.6. The molecule has 0 aliphatic carbocycles. The Kier molecular flexibility index (Phi) is 9.88. The summed E-state index contributed by atoms with van der Waals surface area (Å²) in [5.41, 5.74) is 7.40. The first-order valence-corrected chi connectivity index (χ1v) is 12.6. The van der Waals surface area contributed by atoms with Gasteiger partial charge >= 0.3 is 0 Å². The van der Waals surface area contributed by atoms with Gasteiger partial charge in [-0.1, -0.05) is 60.1 Å². The third-order valence-corrected chi connectivity index (χ3v) is 6.54. The maximum Gasteiger partial charge on any atom is 0.221 e. The van der Waals surface area contributed by atoms with E-state index in [0.29, 0.717) is 5.02 Å². The van der Waals surface area contributed by atoms with E-state index < -0.39 is 30.6 Å². The zero-order valence-electron chi connectivity index (χ0n) is 20.7. The van der Waals surface area contributed by atoms with Crippen LogP contribution in [0.5, 0.6) is 0 Å². The van der Waals surface area contributed by atoms with Crippen molar-refractivity contribution in [1.82, 2.24) is 5.32 Å². The van der Waals surface area contributed by atoms with Crippen molar-refractivity contribution < 1.29 is 28.8 Å². The minimum absolute atomic E-state index is 0.120. The van der Waals surface area contributed by atoms with Crippen molar-refractivity contribution >= 4 is 28.3 Å². The van der Waals surface area contributed by atoms with Gasteiger partial charge in [0.05, 0.1) is 19.8 Å². The molecule has 1 aliphatic rings. The van der Waals surface area contributed by atoms with Crippen LogP contribution in [0.25, 0.3) is 10.8 Å². The zero-order chi connectivity index (χ0) is 26.2. The van der Waals surface area contributed by atoms with Gasteiger partial charge in [-0.25, -0.2) is 0 Å². The van der Waals surface area contributed by atoms with Crippen molar-refractivity contribution in [3.05, 3.63) is 82.9 Å². The molecule has 5 atom stereocenters. The Balaban J connectivity index is 1.55. The first-order valence-electron chi connectivity index (χ1n) is 12.3. The molecule has 0 spiro atoms. The van der Waals surface area contributed by atoms with E-state index in [-0.39, 0.29) is 38.7 Å². The lowest BCUT2D eigenvalue weighted by Crippen LogP contribution is -2.65. The number of amides is 1. The van der Waals surface area contributed by atoms with Crippen LogP contribution in [0.3, 0.4) is 0 Å². The van der Waals surface area contributed by atoms with E-state index in [1.165, 1.54) is 7.11 Å². The maximum atomic E-state index is 12.6. The minimum atomic E-state index is -1.07. The molecule has 3 aromatic carbocycles. The fraction of sp³-hybridized carbons (Fsp3) is 0.393. The molecule has 4 N–H and O–H groups in total. The number of nitrogens with two attached hydrogens (primary N) is 1. The highest BCUT2D eigenvalue weighted by atomic mass is 35.5. The Morgan fingerprint density at radius 1 is 1.03 bits per heavy atom. The molecule has 1 amide bonds. The standard InChI is InChI=1S/C28H33ClN2O6/c1-34-17-23-26(33)27(35-16-19-6-9-20-4-2-3-5-21(20)14-19)25(31-24(32)12-13-30)28(37-23)36-15-18-7-10-22(29)11-8-18/h2-11,14,23,25-28,33H,12-13,15-17,30H2,1H3,(H,31,32)/t23-,25-,26-,27?,28?/m1/s1. The minimum Gasteiger partial charge on any atom is -0.388 e. The van der Waals surface area contributed by atoms with Crippen molar-refractivity contribution in [1.29, 1.82) is 0 Å². The summed E-state index contributed by atoms with van der Waals surface area (Å²) in [5.74, 6) is -0.284. The van der Waals surface area contributed by atoms with Gasteiger partial charge in [-0.05, 0) is 40.1 Å². The molecule has 37 heavy (non-hydrogen) atoms. The molecule has 198 valence electrons. The Hall–Kier alpha value is -2.56. The van der Waals surface area contributed by atoms with E-state index in [2.05, 4.69) is 5.32 Å². The molecule has 0 saturated carbocycles. The van der Waals surface area contributed by atoms with E-state index in [9.17, 15) is 9.90 Å². The number of aliphatic hydroxyl groups is 1. The van der Waals surface area contributed by atoms with Crippen molar-refractivity contribution in [2.24, 2.45) is 5.73 Å². The molecule has 4 rings (SSSR count). The molecule has 1 aliphatic heterocycles. The summed E-state index contributed by atoms with van der Waals surface area (Å²) in [6.07, 6.45) is -3.39. The van der Waals surface area contributed by atoms with E-state index in [1.54, 1.807) is 12.1 Å². The average molecular weight is 529 g/mol. The van der Waals surface area contributed by atoms with Gasteiger partial charge < -0.3 is 35.1 Å². The lowest BCUT2D eigenvalue weighted by atomic mass is 9.96. The molecule has 0 aromatic heterocycles. The van der Waals surface area contributed by atoms with E-state index in [0.717, 1.165) is 21.9 Å². The van der Waals surface area contributed by atoms with Crippen molar-refractivity contribution in [2.45, 2.75) is 50.3 Å². The fourth-order valence-corrected chi connectivity index (χ4v) is 4.51. The molecule has 0 radical (unpaired) electrons. The van der Waals surface area contributed by atoms with Crippen LogP contribution in [0.2, 0.25) is 5.02 Å². The Morgan fingerprint density at radius 3 is 2.46 bits per heavy atom. The normalized spacial score (nSPS) is 23.7. The zero-order valence-corrected chi connectivity index (χ0v) is 21.5. The number of hydrogen-bond acceptors (Lipinski definition) is 7. The van der Waals surface area contributed by atoms with Gasteiger partial charge in [0.15, 0.2) is 6.29 Å². The third kappa shape index (κ3) is 7.27. The van der Waals surface area contributed by atoms with Crippen LogP contribution in [0, 0.1) is 0 Å². The SMILES string of the molecule is COC[C@H]1OC(OCc2ccc(Cl)cc2)[C@H](NC(=O)CCN)C(OCc2ccc3ccccc3c2)[C@@H]1O. The number of carbonyl (C=O) groups excluding carboxylic acids is 1. The van der Waals surface area contributed by atoms with Crippen LogP contribution < -0.4 is 11.1 Å². The van der Waals surface area contributed by atoms with Gasteiger partial charge in [0.1, 0.15) is 24.4 Å². The van der Waals surface area contributed by atoms with Crippen LogP contribution in [0.15, 0.2) is 66.7 Å². The van der Waals surface area contributed by atoms with Crippen molar-refractivity contribution in [2.75, 3.05) is 20.3 Å². The van der Waals surface area contributed by atoms with Crippen LogP contribution >= 0.6 is 11.6 Å². The molecule has 8 nitrogen and oxygen atoms in total. The molecule has 1 fully saturated rings. The highest BCUT2D eigenvalue weighted by Crippen LogP contribution is 2.27. The summed E-state index contributed by atoms with van der Waals surface area (Å²) in [6, 6.07) is 20.6. The smallest absolute Gasteiger partial charge is 0.221 e. The summed E-state index contributed by atoms with van der Waals surface area (Å²) in [6.45, 7) is 0.742. The van der Waals surface area contributed by atoms with Crippen LogP contribution in [-0.2, 0) is 37.0 Å². The number of halogens is 1. The summed E-state index contributed by atoms with van der Waals surface area (Å²) in [7, 11) is 1.53. The van der Waals surface area contributed by atoms with Gasteiger partial charge in [-0.15, -0.1) is 0 Å². The molecular formula is C28H33ClN2O6. The fourth-order valence-electron chi connectivity index (χ4n) is 4.38. The van der Waals surface area contributed by atoms with E-state index >= 15 is 0 Å². The van der Waals surface area contributed by atoms with Crippen LogP contribution in [0.4, 0.5) is 0 Å². The van der Waals surface area contributed by atoms with Gasteiger partial charge in [-0.2, -0.15) is 0 Å². The van der Waals surface area contributed by atoms with Crippen molar-refractivity contribution in [3.8, 4) is 0 Å². The van der Waals surface area contributed by atoms with Crippen molar-refractivity contribution in [3.63, 3.8) is 0 Å². The Bertz CT molecular complexity index is 1160. The molecule has 0 bridgehead atoms.